The van der Waals surface area contributed by atoms with Gasteiger partial charge in [0.15, 0.2) is 6.10 Å². The van der Waals surface area contributed by atoms with Gasteiger partial charge >= 0.3 is 0 Å². The fraction of sp³-hybridized carbons (Fsp3) is 0.381. The average Bonchev–Trinajstić information content (AvgIpc) is 3.13. The highest BCUT2D eigenvalue weighted by Crippen LogP contribution is 2.29. The average molecular weight is 352 g/mol. The molecule has 136 valence electrons. The summed E-state index contributed by atoms with van der Waals surface area (Å²) in [6.45, 7) is 4.18. The topological polar surface area (TPSA) is 42.0 Å². The predicted octanol–water partition coefficient (Wildman–Crippen LogP) is 2.34. The molecule has 5 nitrogen and oxygen atoms in total. The Bertz CT molecular complexity index is 742. The number of benzene rings is 2. The molecule has 4 rings (SSSR count). The molecule has 0 unspecified atom stereocenters. The van der Waals surface area contributed by atoms with Crippen LogP contribution in [0.1, 0.15) is 11.1 Å². The standard InChI is InChI=1S/C21H24N2O3/c1-25-18-8-6-16(7-9-18)15-22-10-12-23(13-11-22)21(24)20-14-17-4-2-3-5-19(17)26-20/h2-9,20H,10-15H2,1H3/t20-/m1/s1. The number of nitrogens with zero attached hydrogens (tertiary/aromatic N) is 2. The van der Waals surface area contributed by atoms with E-state index in [2.05, 4.69) is 17.0 Å². The van der Waals surface area contributed by atoms with Crippen molar-refractivity contribution in [3.63, 3.8) is 0 Å². The second-order valence-corrected chi connectivity index (χ2v) is 6.87. The number of amides is 1. The van der Waals surface area contributed by atoms with Gasteiger partial charge in [-0.2, -0.15) is 0 Å². The summed E-state index contributed by atoms with van der Waals surface area (Å²) < 4.78 is 11.1. The molecule has 2 aromatic carbocycles. The lowest BCUT2D eigenvalue weighted by atomic mass is 10.1. The Morgan fingerprint density at radius 2 is 1.81 bits per heavy atom. The van der Waals surface area contributed by atoms with Gasteiger partial charge in [-0.25, -0.2) is 0 Å². The Morgan fingerprint density at radius 1 is 1.08 bits per heavy atom. The zero-order chi connectivity index (χ0) is 17.9. The molecule has 1 saturated heterocycles. The minimum Gasteiger partial charge on any atom is -0.497 e. The SMILES string of the molecule is COc1ccc(CN2CCN(C(=O)[C@H]3Cc4ccccc4O3)CC2)cc1. The van der Waals surface area contributed by atoms with Crippen molar-refractivity contribution in [2.45, 2.75) is 19.1 Å². The summed E-state index contributed by atoms with van der Waals surface area (Å²) in [7, 11) is 1.68. The van der Waals surface area contributed by atoms with Crippen LogP contribution in [0.15, 0.2) is 48.5 Å². The maximum Gasteiger partial charge on any atom is 0.264 e. The second-order valence-electron chi connectivity index (χ2n) is 6.87. The summed E-state index contributed by atoms with van der Waals surface area (Å²) in [5.41, 5.74) is 2.39. The Labute approximate surface area is 154 Å². The summed E-state index contributed by atoms with van der Waals surface area (Å²) in [6.07, 6.45) is 0.321. The van der Waals surface area contributed by atoms with E-state index in [0.717, 1.165) is 49.8 Å². The largest absolute Gasteiger partial charge is 0.497 e. The van der Waals surface area contributed by atoms with Crippen LogP contribution in [0.4, 0.5) is 0 Å². The normalized spacial score (nSPS) is 19.7. The van der Waals surface area contributed by atoms with Crippen molar-refractivity contribution in [1.29, 1.82) is 0 Å². The van der Waals surface area contributed by atoms with E-state index in [1.54, 1.807) is 7.11 Å². The van der Waals surface area contributed by atoms with E-state index >= 15 is 0 Å². The van der Waals surface area contributed by atoms with Crippen LogP contribution in [-0.2, 0) is 17.8 Å². The maximum absolute atomic E-state index is 12.8. The van der Waals surface area contributed by atoms with Crippen molar-refractivity contribution in [3.8, 4) is 11.5 Å². The molecule has 0 aromatic heterocycles. The number of carbonyl (C=O) groups is 1. The fourth-order valence-corrected chi connectivity index (χ4v) is 3.64. The molecule has 0 bridgehead atoms. The molecule has 5 heteroatoms. The number of hydrogen-bond donors (Lipinski definition) is 0. The molecule has 0 N–H and O–H groups in total. The van der Waals surface area contributed by atoms with Crippen LogP contribution in [0.25, 0.3) is 0 Å². The van der Waals surface area contributed by atoms with Crippen LogP contribution in [-0.4, -0.2) is 55.1 Å². The van der Waals surface area contributed by atoms with E-state index in [1.807, 2.05) is 41.3 Å². The Morgan fingerprint density at radius 3 is 2.50 bits per heavy atom. The highest BCUT2D eigenvalue weighted by Gasteiger charge is 2.33. The third-order valence-electron chi connectivity index (χ3n) is 5.17. The summed E-state index contributed by atoms with van der Waals surface area (Å²) in [5, 5.41) is 0. The molecule has 2 aliphatic rings. The molecule has 1 atom stereocenters. The second kappa shape index (κ2) is 7.38. The van der Waals surface area contributed by atoms with Crippen molar-refractivity contribution in [2.24, 2.45) is 0 Å². The van der Waals surface area contributed by atoms with Gasteiger partial charge < -0.3 is 14.4 Å². The van der Waals surface area contributed by atoms with E-state index in [0.29, 0.717) is 6.42 Å². The third kappa shape index (κ3) is 3.53. The first kappa shape index (κ1) is 16.9. The zero-order valence-electron chi connectivity index (χ0n) is 15.1. The van der Waals surface area contributed by atoms with Gasteiger partial charge in [0.05, 0.1) is 7.11 Å². The molecule has 0 radical (unpaired) electrons. The van der Waals surface area contributed by atoms with Crippen molar-refractivity contribution in [2.75, 3.05) is 33.3 Å². The maximum atomic E-state index is 12.8. The van der Waals surface area contributed by atoms with Gasteiger partial charge in [-0.05, 0) is 29.3 Å². The van der Waals surface area contributed by atoms with Crippen LogP contribution in [0.2, 0.25) is 0 Å². The Hall–Kier alpha value is -2.53. The van der Waals surface area contributed by atoms with Gasteiger partial charge in [0.1, 0.15) is 11.5 Å². The number of para-hydroxylation sites is 1. The molecule has 0 spiro atoms. The quantitative estimate of drug-likeness (QED) is 0.847. The molecule has 0 saturated carbocycles. The van der Waals surface area contributed by atoms with E-state index in [9.17, 15) is 4.79 Å². The number of rotatable bonds is 4. The summed E-state index contributed by atoms with van der Waals surface area (Å²) >= 11 is 0. The minimum atomic E-state index is -0.361. The first-order valence-electron chi connectivity index (χ1n) is 9.11. The van der Waals surface area contributed by atoms with Gasteiger partial charge in [0.2, 0.25) is 0 Å². The van der Waals surface area contributed by atoms with E-state index < -0.39 is 0 Å². The number of methoxy groups -OCH3 is 1. The van der Waals surface area contributed by atoms with Crippen LogP contribution in [0.3, 0.4) is 0 Å². The number of hydrogen-bond acceptors (Lipinski definition) is 4. The van der Waals surface area contributed by atoms with Gasteiger partial charge in [0.25, 0.3) is 5.91 Å². The summed E-state index contributed by atoms with van der Waals surface area (Å²) in [5.74, 6) is 1.84. The van der Waals surface area contributed by atoms with Gasteiger partial charge in [-0.1, -0.05) is 30.3 Å². The van der Waals surface area contributed by atoms with Gasteiger partial charge in [-0.15, -0.1) is 0 Å². The van der Waals surface area contributed by atoms with Crippen molar-refractivity contribution < 1.29 is 14.3 Å². The molecule has 2 heterocycles. The Kier molecular flexibility index (Phi) is 4.80. The van der Waals surface area contributed by atoms with Crippen LogP contribution in [0.5, 0.6) is 11.5 Å². The smallest absolute Gasteiger partial charge is 0.264 e. The predicted molar refractivity (Wildman–Crippen MR) is 99.4 cm³/mol. The highest BCUT2D eigenvalue weighted by atomic mass is 16.5. The molecular formula is C21H24N2O3. The molecule has 1 amide bonds. The van der Waals surface area contributed by atoms with E-state index in [-0.39, 0.29) is 12.0 Å². The fourth-order valence-electron chi connectivity index (χ4n) is 3.64. The molecule has 26 heavy (non-hydrogen) atoms. The van der Waals surface area contributed by atoms with Crippen LogP contribution < -0.4 is 9.47 Å². The third-order valence-corrected chi connectivity index (χ3v) is 5.17. The van der Waals surface area contributed by atoms with Crippen LogP contribution >= 0.6 is 0 Å². The minimum absolute atomic E-state index is 0.116. The molecule has 1 fully saturated rings. The summed E-state index contributed by atoms with van der Waals surface area (Å²) in [4.78, 5) is 17.1. The van der Waals surface area contributed by atoms with Crippen LogP contribution in [0, 0.1) is 0 Å². The Balaban J connectivity index is 1.29. The number of fused-ring (bicyclic) bond motifs is 1. The molecule has 0 aliphatic carbocycles. The number of piperazine rings is 1. The molecule has 2 aliphatic heterocycles. The molecule has 2 aromatic rings. The summed E-state index contributed by atoms with van der Waals surface area (Å²) in [6, 6.07) is 16.1. The lowest BCUT2D eigenvalue weighted by Gasteiger charge is -2.35. The van der Waals surface area contributed by atoms with Gasteiger partial charge in [0, 0.05) is 39.1 Å². The van der Waals surface area contributed by atoms with Crippen molar-refractivity contribution in [1.82, 2.24) is 9.80 Å². The van der Waals surface area contributed by atoms with E-state index in [1.165, 1.54) is 5.56 Å². The first-order valence-corrected chi connectivity index (χ1v) is 9.11. The monoisotopic (exact) mass is 352 g/mol. The first-order chi connectivity index (χ1) is 12.7. The number of ether oxygens (including phenoxy) is 2. The van der Waals surface area contributed by atoms with Crippen molar-refractivity contribution >= 4 is 5.91 Å². The number of carbonyl (C=O) groups excluding carboxylic acids is 1. The lowest BCUT2D eigenvalue weighted by Crippen LogP contribution is -2.51. The zero-order valence-corrected chi connectivity index (χ0v) is 15.1. The van der Waals surface area contributed by atoms with Crippen molar-refractivity contribution in [3.05, 3.63) is 59.7 Å². The molecular weight excluding hydrogens is 328 g/mol. The lowest BCUT2D eigenvalue weighted by molar-refractivity contribution is -0.139. The highest BCUT2D eigenvalue weighted by molar-refractivity contribution is 5.82. The van der Waals surface area contributed by atoms with E-state index in [4.69, 9.17) is 9.47 Å². The van der Waals surface area contributed by atoms with Gasteiger partial charge in [-0.3, -0.25) is 9.69 Å².